The van der Waals surface area contributed by atoms with Crippen LogP contribution in [-0.2, 0) is 6.54 Å². The van der Waals surface area contributed by atoms with Crippen molar-refractivity contribution < 1.29 is 22.9 Å². The zero-order chi connectivity index (χ0) is 17.2. The Hall–Kier alpha value is -2.91. The van der Waals surface area contributed by atoms with E-state index in [4.69, 9.17) is 0 Å². The molecule has 0 radical (unpaired) electrons. The quantitative estimate of drug-likeness (QED) is 0.690. The lowest BCUT2D eigenvalue weighted by Gasteiger charge is -2.06. The first kappa shape index (κ1) is 16.5. The van der Waals surface area contributed by atoms with Gasteiger partial charge in [0.1, 0.15) is 6.54 Å². The summed E-state index contributed by atoms with van der Waals surface area (Å²) >= 11 is 0. The molecular formula is C13H11F3N4O3. The topological polar surface area (TPSA) is 90.1 Å². The van der Waals surface area contributed by atoms with Crippen LogP contribution in [0.4, 0.5) is 24.5 Å². The number of aryl methyl sites for hydroxylation is 1. The molecule has 0 aliphatic carbocycles. The van der Waals surface area contributed by atoms with Gasteiger partial charge >= 0.3 is 6.18 Å². The number of alkyl halides is 3. The molecule has 10 heteroatoms. The number of rotatable bonds is 4. The van der Waals surface area contributed by atoms with E-state index in [0.717, 1.165) is 12.4 Å². The molecule has 1 aromatic carbocycles. The van der Waals surface area contributed by atoms with Crippen molar-refractivity contribution in [2.24, 2.45) is 0 Å². The SMILES string of the molecule is Cc1cc(C(=O)Nc2cnn(CC(F)(F)F)c2)ccc1[N+](=O)[O-]. The van der Waals surface area contributed by atoms with Crippen LogP contribution < -0.4 is 5.32 Å². The molecule has 2 aromatic rings. The molecule has 1 N–H and O–H groups in total. The van der Waals surface area contributed by atoms with Crippen LogP contribution in [0.5, 0.6) is 0 Å². The van der Waals surface area contributed by atoms with Gasteiger partial charge in [-0.2, -0.15) is 18.3 Å². The Morgan fingerprint density at radius 1 is 1.43 bits per heavy atom. The zero-order valence-electron chi connectivity index (χ0n) is 11.8. The molecule has 0 bridgehead atoms. The first-order valence-corrected chi connectivity index (χ1v) is 6.31. The first-order chi connectivity index (χ1) is 10.7. The van der Waals surface area contributed by atoms with Crippen LogP contribution in [0.1, 0.15) is 15.9 Å². The van der Waals surface area contributed by atoms with E-state index in [1.807, 2.05) is 0 Å². The molecule has 0 aliphatic rings. The highest BCUT2D eigenvalue weighted by Crippen LogP contribution is 2.20. The number of nitro benzene ring substituents is 1. The molecule has 23 heavy (non-hydrogen) atoms. The van der Waals surface area contributed by atoms with Crippen LogP contribution in [0.25, 0.3) is 0 Å². The van der Waals surface area contributed by atoms with Gasteiger partial charge in [0.2, 0.25) is 0 Å². The monoisotopic (exact) mass is 328 g/mol. The van der Waals surface area contributed by atoms with E-state index < -0.39 is 23.6 Å². The molecule has 1 amide bonds. The van der Waals surface area contributed by atoms with Crippen LogP contribution in [0.15, 0.2) is 30.6 Å². The second kappa shape index (κ2) is 6.07. The Bertz CT molecular complexity index is 755. The van der Waals surface area contributed by atoms with E-state index in [0.29, 0.717) is 10.2 Å². The summed E-state index contributed by atoms with van der Waals surface area (Å²) in [4.78, 5) is 22.1. The second-order valence-corrected chi connectivity index (χ2v) is 4.75. The Kier molecular flexibility index (Phi) is 4.34. The summed E-state index contributed by atoms with van der Waals surface area (Å²) in [6.07, 6.45) is -2.28. The first-order valence-electron chi connectivity index (χ1n) is 6.31. The van der Waals surface area contributed by atoms with E-state index in [1.54, 1.807) is 0 Å². The average molecular weight is 328 g/mol. The molecule has 0 saturated carbocycles. The number of amides is 1. The van der Waals surface area contributed by atoms with Crippen LogP contribution in [0.3, 0.4) is 0 Å². The fraction of sp³-hybridized carbons (Fsp3) is 0.231. The average Bonchev–Trinajstić information content (AvgIpc) is 2.82. The standard InChI is InChI=1S/C13H11F3N4O3/c1-8-4-9(2-3-11(8)20(22)23)12(21)18-10-5-17-19(6-10)7-13(14,15)16/h2-6H,7H2,1H3,(H,18,21). The number of hydrogen-bond donors (Lipinski definition) is 1. The second-order valence-electron chi connectivity index (χ2n) is 4.75. The van der Waals surface area contributed by atoms with E-state index >= 15 is 0 Å². The van der Waals surface area contributed by atoms with Gasteiger partial charge in [0.05, 0.1) is 16.8 Å². The fourth-order valence-corrected chi connectivity index (χ4v) is 1.90. The predicted octanol–water partition coefficient (Wildman–Crippen LogP) is 2.91. The van der Waals surface area contributed by atoms with Gasteiger partial charge < -0.3 is 5.32 Å². The summed E-state index contributed by atoms with van der Waals surface area (Å²) < 4.78 is 37.3. The maximum absolute atomic E-state index is 12.2. The maximum atomic E-state index is 12.2. The minimum atomic E-state index is -4.41. The molecule has 1 heterocycles. The third-order valence-electron chi connectivity index (χ3n) is 2.89. The molecule has 122 valence electrons. The smallest absolute Gasteiger partial charge is 0.319 e. The van der Waals surface area contributed by atoms with E-state index in [-0.39, 0.29) is 16.9 Å². The Morgan fingerprint density at radius 2 is 2.13 bits per heavy atom. The highest BCUT2D eigenvalue weighted by atomic mass is 19.4. The lowest BCUT2D eigenvalue weighted by molar-refractivity contribution is -0.385. The fourth-order valence-electron chi connectivity index (χ4n) is 1.90. The van der Waals surface area contributed by atoms with Crippen molar-refractivity contribution in [3.05, 3.63) is 51.8 Å². The molecule has 2 rings (SSSR count). The summed E-state index contributed by atoms with van der Waals surface area (Å²) in [7, 11) is 0. The van der Waals surface area contributed by atoms with Crippen molar-refractivity contribution in [1.82, 2.24) is 9.78 Å². The number of carbonyl (C=O) groups excluding carboxylic acids is 1. The van der Waals surface area contributed by atoms with Crippen molar-refractivity contribution in [3.8, 4) is 0 Å². The number of carbonyl (C=O) groups is 1. The van der Waals surface area contributed by atoms with Crippen LogP contribution in [-0.4, -0.2) is 26.8 Å². The molecular weight excluding hydrogens is 317 g/mol. The number of benzene rings is 1. The summed E-state index contributed by atoms with van der Waals surface area (Å²) in [5.74, 6) is -0.602. The molecule has 0 saturated heterocycles. The molecule has 1 aromatic heterocycles. The number of nitrogens with one attached hydrogen (secondary N) is 1. The third-order valence-corrected chi connectivity index (χ3v) is 2.89. The molecule has 0 unspecified atom stereocenters. The molecule has 0 spiro atoms. The van der Waals surface area contributed by atoms with Gasteiger partial charge in [-0.15, -0.1) is 0 Å². The van der Waals surface area contributed by atoms with Crippen LogP contribution in [0, 0.1) is 17.0 Å². The molecule has 7 nitrogen and oxygen atoms in total. The Balaban J connectivity index is 2.10. The largest absolute Gasteiger partial charge is 0.408 e. The summed E-state index contributed by atoms with van der Waals surface area (Å²) in [5.41, 5.74) is 0.418. The van der Waals surface area contributed by atoms with Gasteiger partial charge in [-0.3, -0.25) is 19.6 Å². The molecule has 0 atom stereocenters. The predicted molar refractivity (Wildman–Crippen MR) is 74.1 cm³/mol. The van der Waals surface area contributed by atoms with Gasteiger partial charge in [0.25, 0.3) is 11.6 Å². The van der Waals surface area contributed by atoms with Gasteiger partial charge in [-0.1, -0.05) is 0 Å². The number of aromatic nitrogens is 2. The number of nitro groups is 1. The van der Waals surface area contributed by atoms with Gasteiger partial charge in [0, 0.05) is 23.4 Å². The summed E-state index contributed by atoms with van der Waals surface area (Å²) in [5, 5.41) is 16.6. The van der Waals surface area contributed by atoms with Crippen molar-refractivity contribution in [2.75, 3.05) is 5.32 Å². The summed E-state index contributed by atoms with van der Waals surface area (Å²) in [6, 6.07) is 3.78. The highest BCUT2D eigenvalue weighted by Gasteiger charge is 2.28. The van der Waals surface area contributed by atoms with E-state index in [1.165, 1.54) is 25.1 Å². The zero-order valence-corrected chi connectivity index (χ0v) is 11.8. The van der Waals surface area contributed by atoms with Crippen molar-refractivity contribution in [2.45, 2.75) is 19.6 Å². The number of halogens is 3. The highest BCUT2D eigenvalue weighted by molar-refractivity contribution is 6.04. The van der Waals surface area contributed by atoms with Crippen molar-refractivity contribution in [3.63, 3.8) is 0 Å². The number of nitrogens with zero attached hydrogens (tertiary/aromatic N) is 3. The van der Waals surface area contributed by atoms with Gasteiger partial charge in [-0.05, 0) is 19.1 Å². The van der Waals surface area contributed by atoms with E-state index in [2.05, 4.69) is 10.4 Å². The molecule has 0 aliphatic heterocycles. The lowest BCUT2D eigenvalue weighted by Crippen LogP contribution is -2.18. The Labute approximate surface area is 127 Å². The summed E-state index contributed by atoms with van der Waals surface area (Å²) in [6.45, 7) is 0.218. The van der Waals surface area contributed by atoms with Crippen molar-refractivity contribution >= 4 is 17.3 Å². The van der Waals surface area contributed by atoms with Crippen molar-refractivity contribution in [1.29, 1.82) is 0 Å². The van der Waals surface area contributed by atoms with E-state index in [9.17, 15) is 28.1 Å². The third kappa shape index (κ3) is 4.28. The van der Waals surface area contributed by atoms with Gasteiger partial charge in [-0.25, -0.2) is 0 Å². The Morgan fingerprint density at radius 3 is 2.70 bits per heavy atom. The minimum Gasteiger partial charge on any atom is -0.319 e. The molecule has 0 fully saturated rings. The minimum absolute atomic E-state index is 0.0928. The van der Waals surface area contributed by atoms with Gasteiger partial charge in [0.15, 0.2) is 0 Å². The normalized spacial score (nSPS) is 11.3. The number of anilines is 1. The number of hydrogen-bond acceptors (Lipinski definition) is 4. The van der Waals surface area contributed by atoms with Crippen LogP contribution >= 0.6 is 0 Å². The maximum Gasteiger partial charge on any atom is 0.408 e. The lowest BCUT2D eigenvalue weighted by atomic mass is 10.1. The van der Waals surface area contributed by atoms with Crippen LogP contribution in [0.2, 0.25) is 0 Å².